The predicted molar refractivity (Wildman–Crippen MR) is 133 cm³/mol. The second-order valence-electron chi connectivity index (χ2n) is 8.88. The molecule has 3 aromatic rings. The van der Waals surface area contributed by atoms with Gasteiger partial charge in [0.25, 0.3) is 0 Å². The Morgan fingerprint density at radius 3 is 2.24 bits per heavy atom. The minimum Gasteiger partial charge on any atom is -0.346 e. The summed E-state index contributed by atoms with van der Waals surface area (Å²) in [6.45, 7) is 10.2. The van der Waals surface area contributed by atoms with Gasteiger partial charge in [-0.3, -0.25) is 9.59 Å². The summed E-state index contributed by atoms with van der Waals surface area (Å²) in [4.78, 5) is 24.4. The Morgan fingerprint density at radius 2 is 1.64 bits per heavy atom. The van der Waals surface area contributed by atoms with E-state index in [-0.39, 0.29) is 29.5 Å². The van der Waals surface area contributed by atoms with Gasteiger partial charge in [-0.1, -0.05) is 75.0 Å². The molecule has 3 rings (SSSR count). The van der Waals surface area contributed by atoms with Crippen LogP contribution in [0.5, 0.6) is 0 Å². The number of nitrogens with two attached hydrogens (primary N) is 1. The van der Waals surface area contributed by atoms with Crippen LogP contribution in [0.3, 0.4) is 0 Å². The molecule has 1 aromatic heterocycles. The van der Waals surface area contributed by atoms with Gasteiger partial charge in [0.05, 0.1) is 12.3 Å². The van der Waals surface area contributed by atoms with Gasteiger partial charge in [-0.25, -0.2) is 4.68 Å². The maximum Gasteiger partial charge on any atom is 0.243 e. The van der Waals surface area contributed by atoms with Crippen LogP contribution in [0.2, 0.25) is 0 Å². The zero-order valence-corrected chi connectivity index (χ0v) is 20.4. The maximum atomic E-state index is 12.2. The molecule has 0 aliphatic carbocycles. The molecule has 4 N–H and O–H groups in total. The van der Waals surface area contributed by atoms with Crippen molar-refractivity contribution in [2.24, 2.45) is 0 Å². The highest BCUT2D eigenvalue weighted by Crippen LogP contribution is 2.26. The number of hydrogen-bond donors (Lipinski definition) is 3. The molecule has 174 valence electrons. The SMILES string of the molecule is Cc1cccc(C)c1NC(=O)CNC(=O)CSc1nnc(-c2ccc(C(C)(C)C)cc2)n1N. The summed E-state index contributed by atoms with van der Waals surface area (Å²) in [7, 11) is 0. The molecule has 0 saturated carbocycles. The Hall–Kier alpha value is -3.33. The minimum atomic E-state index is -0.296. The number of para-hydroxylation sites is 1. The summed E-state index contributed by atoms with van der Waals surface area (Å²) in [5.74, 6) is 6.16. The highest BCUT2D eigenvalue weighted by atomic mass is 32.2. The molecule has 0 atom stereocenters. The van der Waals surface area contributed by atoms with Crippen molar-refractivity contribution in [3.05, 3.63) is 59.2 Å². The fourth-order valence-electron chi connectivity index (χ4n) is 3.25. The molecule has 8 nitrogen and oxygen atoms in total. The van der Waals surface area contributed by atoms with Crippen molar-refractivity contribution in [2.75, 3.05) is 23.5 Å². The third-order valence-electron chi connectivity index (χ3n) is 5.20. The highest BCUT2D eigenvalue weighted by Gasteiger charge is 2.17. The molecule has 33 heavy (non-hydrogen) atoms. The smallest absolute Gasteiger partial charge is 0.243 e. The van der Waals surface area contributed by atoms with Gasteiger partial charge in [0.1, 0.15) is 0 Å². The molecule has 9 heteroatoms. The first kappa shape index (κ1) is 24.3. The largest absolute Gasteiger partial charge is 0.346 e. The molecule has 0 aliphatic heterocycles. The Balaban J connectivity index is 1.53. The van der Waals surface area contributed by atoms with Crippen LogP contribution < -0.4 is 16.5 Å². The van der Waals surface area contributed by atoms with Crippen molar-refractivity contribution in [1.29, 1.82) is 0 Å². The first-order valence-electron chi connectivity index (χ1n) is 10.6. The monoisotopic (exact) mass is 466 g/mol. The molecule has 0 unspecified atom stereocenters. The Morgan fingerprint density at radius 1 is 1.00 bits per heavy atom. The van der Waals surface area contributed by atoms with Gasteiger partial charge in [0.15, 0.2) is 5.82 Å². The highest BCUT2D eigenvalue weighted by molar-refractivity contribution is 7.99. The summed E-state index contributed by atoms with van der Waals surface area (Å²) in [6.07, 6.45) is 0. The van der Waals surface area contributed by atoms with Gasteiger partial charge in [-0.15, -0.1) is 10.2 Å². The van der Waals surface area contributed by atoms with Crippen LogP contribution in [0.1, 0.15) is 37.5 Å². The summed E-state index contributed by atoms with van der Waals surface area (Å²) in [5, 5.41) is 14.1. The zero-order chi connectivity index (χ0) is 24.2. The van der Waals surface area contributed by atoms with Gasteiger partial charge in [-0.05, 0) is 36.0 Å². The van der Waals surface area contributed by atoms with Gasteiger partial charge in [0.2, 0.25) is 17.0 Å². The van der Waals surface area contributed by atoms with Crippen molar-refractivity contribution in [2.45, 2.75) is 45.2 Å². The van der Waals surface area contributed by atoms with Crippen molar-refractivity contribution in [3.63, 3.8) is 0 Å². The topological polar surface area (TPSA) is 115 Å². The lowest BCUT2D eigenvalue weighted by molar-refractivity contribution is -0.122. The van der Waals surface area contributed by atoms with E-state index in [9.17, 15) is 9.59 Å². The predicted octanol–water partition coefficient (Wildman–Crippen LogP) is 3.42. The van der Waals surface area contributed by atoms with E-state index >= 15 is 0 Å². The van der Waals surface area contributed by atoms with Crippen LogP contribution in [0.4, 0.5) is 5.69 Å². The van der Waals surface area contributed by atoms with E-state index in [4.69, 9.17) is 5.84 Å². The van der Waals surface area contributed by atoms with Crippen molar-refractivity contribution >= 4 is 29.3 Å². The van der Waals surface area contributed by atoms with E-state index in [1.54, 1.807) is 0 Å². The van der Waals surface area contributed by atoms with E-state index in [2.05, 4.69) is 41.6 Å². The summed E-state index contributed by atoms with van der Waals surface area (Å²) >= 11 is 1.16. The van der Waals surface area contributed by atoms with Crippen LogP contribution in [0, 0.1) is 13.8 Å². The Labute approximate surface area is 198 Å². The third-order valence-corrected chi connectivity index (χ3v) is 6.14. The van der Waals surface area contributed by atoms with Crippen molar-refractivity contribution in [1.82, 2.24) is 20.2 Å². The second-order valence-corrected chi connectivity index (χ2v) is 9.83. The van der Waals surface area contributed by atoms with Crippen molar-refractivity contribution < 1.29 is 9.59 Å². The fraction of sp³-hybridized carbons (Fsp3) is 0.333. The molecule has 0 radical (unpaired) electrons. The van der Waals surface area contributed by atoms with Crippen LogP contribution in [-0.4, -0.2) is 39.0 Å². The molecule has 2 aromatic carbocycles. The number of nitrogen functional groups attached to an aromatic ring is 1. The number of aromatic nitrogens is 3. The lowest BCUT2D eigenvalue weighted by Crippen LogP contribution is -2.34. The Bertz CT molecular complexity index is 1130. The number of amides is 2. The number of rotatable bonds is 7. The average molecular weight is 467 g/mol. The van der Waals surface area contributed by atoms with Gasteiger partial charge >= 0.3 is 0 Å². The number of carbonyl (C=O) groups excluding carboxylic acids is 2. The van der Waals surface area contributed by atoms with Crippen LogP contribution in [0.25, 0.3) is 11.4 Å². The number of aryl methyl sites for hydroxylation is 2. The molecule has 0 bridgehead atoms. The lowest BCUT2D eigenvalue weighted by Gasteiger charge is -2.19. The average Bonchev–Trinajstić information content (AvgIpc) is 3.13. The lowest BCUT2D eigenvalue weighted by atomic mass is 9.87. The molecule has 2 amide bonds. The van der Waals surface area contributed by atoms with Gasteiger partial charge in [-0.2, -0.15) is 0 Å². The first-order chi connectivity index (χ1) is 15.6. The van der Waals surface area contributed by atoms with Crippen LogP contribution >= 0.6 is 11.8 Å². The fourth-order valence-corrected chi connectivity index (χ4v) is 3.93. The zero-order valence-electron chi connectivity index (χ0n) is 19.6. The third kappa shape index (κ3) is 6.13. The molecule has 0 fully saturated rings. The van der Waals surface area contributed by atoms with Gasteiger partial charge < -0.3 is 16.5 Å². The van der Waals surface area contributed by atoms with Crippen LogP contribution in [0.15, 0.2) is 47.6 Å². The van der Waals surface area contributed by atoms with Crippen molar-refractivity contribution in [3.8, 4) is 11.4 Å². The van der Waals surface area contributed by atoms with E-state index in [0.717, 1.165) is 34.1 Å². The molecule has 1 heterocycles. The number of nitrogens with zero attached hydrogens (tertiary/aromatic N) is 3. The Kier molecular flexibility index (Phi) is 7.43. The van der Waals surface area contributed by atoms with E-state index in [0.29, 0.717) is 11.0 Å². The summed E-state index contributed by atoms with van der Waals surface area (Å²) in [5.41, 5.74) is 4.82. The molecule has 0 saturated heterocycles. The normalized spacial score (nSPS) is 11.3. The molecular weight excluding hydrogens is 436 g/mol. The second kappa shape index (κ2) is 10.1. The van der Waals surface area contributed by atoms with E-state index < -0.39 is 0 Å². The molecular formula is C24H30N6O2S. The number of hydrogen-bond acceptors (Lipinski definition) is 6. The first-order valence-corrected chi connectivity index (χ1v) is 11.6. The maximum absolute atomic E-state index is 12.2. The number of nitrogens with one attached hydrogen (secondary N) is 2. The number of thioether (sulfide) groups is 1. The quantitative estimate of drug-likeness (QED) is 0.363. The molecule has 0 aliphatic rings. The number of carbonyl (C=O) groups is 2. The summed E-state index contributed by atoms with van der Waals surface area (Å²) in [6, 6.07) is 13.8. The number of anilines is 1. The van der Waals surface area contributed by atoms with Crippen LogP contribution in [-0.2, 0) is 15.0 Å². The van der Waals surface area contributed by atoms with Gasteiger partial charge in [0, 0.05) is 11.3 Å². The summed E-state index contributed by atoms with van der Waals surface area (Å²) < 4.78 is 1.37. The van der Waals surface area contributed by atoms with E-state index in [1.165, 1.54) is 10.2 Å². The standard InChI is InChI=1S/C24H30N6O2S/c1-15-7-6-8-16(2)21(15)27-19(31)13-26-20(32)14-33-23-29-28-22(30(23)25)17-9-11-18(12-10-17)24(3,4)5/h6-12H,13-14,25H2,1-5H3,(H,26,32)(H,27,31). The minimum absolute atomic E-state index is 0.0545. The number of benzene rings is 2. The van der Waals surface area contributed by atoms with E-state index in [1.807, 2.05) is 56.3 Å². The molecule has 0 spiro atoms.